The van der Waals surface area contributed by atoms with Crippen molar-refractivity contribution < 1.29 is 18.3 Å². The van der Waals surface area contributed by atoms with Crippen molar-refractivity contribution in [2.45, 2.75) is 0 Å². The van der Waals surface area contributed by atoms with Gasteiger partial charge < -0.3 is 5.32 Å². The van der Waals surface area contributed by atoms with Crippen LogP contribution in [0.5, 0.6) is 0 Å². The molecule has 1 atom stereocenters. The molecule has 1 rings (SSSR count). The summed E-state index contributed by atoms with van der Waals surface area (Å²) in [6.07, 6.45) is 1.50. The lowest BCUT2D eigenvalue weighted by Gasteiger charge is -2.04. The molecule has 0 aliphatic heterocycles. The first-order valence-corrected chi connectivity index (χ1v) is 6.66. The molecule has 98 valence electrons. The number of amides is 1. The van der Waals surface area contributed by atoms with Gasteiger partial charge in [0.2, 0.25) is 5.82 Å². The molecule has 0 saturated carbocycles. The highest BCUT2D eigenvalue weighted by atomic mass is 32.2. The third-order valence-corrected chi connectivity index (χ3v) is 2.86. The number of nitrogens with zero attached hydrogens (tertiary/aromatic N) is 1. The van der Waals surface area contributed by atoms with Gasteiger partial charge in [-0.3, -0.25) is 19.1 Å². The van der Waals surface area contributed by atoms with Gasteiger partial charge in [0.05, 0.1) is 4.92 Å². The number of rotatable bonds is 5. The summed E-state index contributed by atoms with van der Waals surface area (Å²) in [5.74, 6) is -1.33. The molecule has 0 bridgehead atoms. The lowest BCUT2D eigenvalue weighted by atomic mass is 10.2. The van der Waals surface area contributed by atoms with E-state index in [1.807, 2.05) is 0 Å². The van der Waals surface area contributed by atoms with Gasteiger partial charge in [0.25, 0.3) is 5.91 Å². The predicted octanol–water partition coefficient (Wildman–Crippen LogP) is 0.842. The van der Waals surface area contributed by atoms with E-state index < -0.39 is 33.1 Å². The maximum Gasteiger partial charge on any atom is 0.304 e. The molecule has 0 aromatic heterocycles. The second kappa shape index (κ2) is 6.20. The molecule has 0 saturated heterocycles. The molecule has 1 N–H and O–H groups in total. The van der Waals surface area contributed by atoms with E-state index >= 15 is 0 Å². The number of nitro groups is 1. The molecular formula is C10H11FN2O4S. The van der Waals surface area contributed by atoms with Crippen LogP contribution < -0.4 is 5.32 Å². The van der Waals surface area contributed by atoms with Crippen molar-refractivity contribution in [2.24, 2.45) is 0 Å². The van der Waals surface area contributed by atoms with Gasteiger partial charge in [0.15, 0.2) is 0 Å². The fraction of sp³-hybridized carbons (Fsp3) is 0.300. The minimum Gasteiger partial charge on any atom is -0.351 e. The quantitative estimate of drug-likeness (QED) is 0.636. The smallest absolute Gasteiger partial charge is 0.304 e. The maximum atomic E-state index is 13.2. The van der Waals surface area contributed by atoms with E-state index in [2.05, 4.69) is 5.32 Å². The van der Waals surface area contributed by atoms with Crippen molar-refractivity contribution in [2.75, 3.05) is 18.6 Å². The molecule has 1 unspecified atom stereocenters. The van der Waals surface area contributed by atoms with Crippen LogP contribution in [0.2, 0.25) is 0 Å². The first-order chi connectivity index (χ1) is 8.41. The van der Waals surface area contributed by atoms with Crippen LogP contribution in [0, 0.1) is 15.9 Å². The van der Waals surface area contributed by atoms with Crippen LogP contribution in [0.25, 0.3) is 0 Å². The summed E-state index contributed by atoms with van der Waals surface area (Å²) in [5.41, 5.74) is -0.693. The average Bonchev–Trinajstić information content (AvgIpc) is 2.27. The lowest BCUT2D eigenvalue weighted by molar-refractivity contribution is -0.387. The number of hydrogen-bond acceptors (Lipinski definition) is 4. The molecule has 8 heteroatoms. The third-order valence-electron chi connectivity index (χ3n) is 2.08. The summed E-state index contributed by atoms with van der Waals surface area (Å²) >= 11 is 0. The first-order valence-electron chi connectivity index (χ1n) is 4.94. The number of halogens is 1. The first kappa shape index (κ1) is 14.2. The van der Waals surface area contributed by atoms with E-state index in [4.69, 9.17) is 0 Å². The molecule has 18 heavy (non-hydrogen) atoms. The largest absolute Gasteiger partial charge is 0.351 e. The topological polar surface area (TPSA) is 89.3 Å². The molecule has 0 spiro atoms. The highest BCUT2D eigenvalue weighted by molar-refractivity contribution is 7.84. The van der Waals surface area contributed by atoms with Gasteiger partial charge in [0.1, 0.15) is 0 Å². The van der Waals surface area contributed by atoms with Crippen molar-refractivity contribution >= 4 is 22.4 Å². The van der Waals surface area contributed by atoms with Gasteiger partial charge in [-0.15, -0.1) is 0 Å². The van der Waals surface area contributed by atoms with E-state index in [-0.39, 0.29) is 12.1 Å². The SMILES string of the molecule is CS(=O)CCNC(=O)c1ccc([N+](=O)[O-])c(F)c1. The average molecular weight is 274 g/mol. The molecule has 6 nitrogen and oxygen atoms in total. The van der Waals surface area contributed by atoms with Crippen LogP contribution in [0.4, 0.5) is 10.1 Å². The minimum absolute atomic E-state index is 0.0139. The summed E-state index contributed by atoms with van der Waals surface area (Å²) in [5, 5.41) is 12.8. The third kappa shape index (κ3) is 3.88. The number of benzene rings is 1. The van der Waals surface area contributed by atoms with Gasteiger partial charge in [-0.2, -0.15) is 4.39 Å². The van der Waals surface area contributed by atoms with Gasteiger partial charge in [-0.05, 0) is 12.1 Å². The van der Waals surface area contributed by atoms with Crippen LogP contribution in [0.3, 0.4) is 0 Å². The number of carbonyl (C=O) groups is 1. The zero-order valence-corrected chi connectivity index (χ0v) is 10.3. The Morgan fingerprint density at radius 3 is 2.72 bits per heavy atom. The van der Waals surface area contributed by atoms with E-state index in [1.54, 1.807) is 0 Å². The molecule has 0 aliphatic rings. The van der Waals surface area contributed by atoms with Crippen molar-refractivity contribution in [3.8, 4) is 0 Å². The van der Waals surface area contributed by atoms with Crippen molar-refractivity contribution in [1.82, 2.24) is 5.32 Å². The monoisotopic (exact) mass is 274 g/mol. The Bertz CT molecular complexity index is 507. The molecule has 1 aromatic rings. The van der Waals surface area contributed by atoms with Crippen molar-refractivity contribution in [3.63, 3.8) is 0 Å². The summed E-state index contributed by atoms with van der Waals surface area (Å²) in [6.45, 7) is 0.195. The number of hydrogen-bond donors (Lipinski definition) is 1. The summed E-state index contributed by atoms with van der Waals surface area (Å²) in [4.78, 5) is 21.0. The van der Waals surface area contributed by atoms with E-state index in [1.165, 1.54) is 12.3 Å². The van der Waals surface area contributed by atoms with Gasteiger partial charge in [-0.25, -0.2) is 0 Å². The maximum absolute atomic E-state index is 13.2. The van der Waals surface area contributed by atoms with E-state index in [0.29, 0.717) is 5.75 Å². The Balaban J connectivity index is 2.72. The summed E-state index contributed by atoms with van der Waals surface area (Å²) in [7, 11) is -1.03. The Hall–Kier alpha value is -1.83. The Kier molecular flexibility index (Phi) is 4.90. The summed E-state index contributed by atoms with van der Waals surface area (Å²) < 4.78 is 24.0. The predicted molar refractivity (Wildman–Crippen MR) is 64.3 cm³/mol. The highest BCUT2D eigenvalue weighted by Crippen LogP contribution is 2.17. The van der Waals surface area contributed by atoms with Crippen LogP contribution in [-0.4, -0.2) is 33.6 Å². The zero-order valence-electron chi connectivity index (χ0n) is 9.51. The molecule has 1 aromatic carbocycles. The summed E-state index contributed by atoms with van der Waals surface area (Å²) in [6, 6.07) is 2.90. The molecule has 1 amide bonds. The highest BCUT2D eigenvalue weighted by Gasteiger charge is 2.16. The van der Waals surface area contributed by atoms with Gasteiger partial charge in [-0.1, -0.05) is 0 Å². The second-order valence-corrected chi connectivity index (χ2v) is 5.01. The Labute approximate surface area is 105 Å². The second-order valence-electron chi connectivity index (χ2n) is 3.46. The lowest BCUT2D eigenvalue weighted by Crippen LogP contribution is -2.27. The van der Waals surface area contributed by atoms with Crippen LogP contribution in [-0.2, 0) is 10.8 Å². The van der Waals surface area contributed by atoms with Crippen molar-refractivity contribution in [3.05, 3.63) is 39.7 Å². The molecule has 0 fully saturated rings. The molecule has 0 radical (unpaired) electrons. The van der Waals surface area contributed by atoms with Gasteiger partial charge >= 0.3 is 5.69 Å². The van der Waals surface area contributed by atoms with Crippen LogP contribution >= 0.6 is 0 Å². The number of carbonyl (C=O) groups excluding carboxylic acids is 1. The fourth-order valence-electron chi connectivity index (χ4n) is 1.21. The standard InChI is InChI=1S/C10H11FN2O4S/c1-18(17)5-4-12-10(14)7-2-3-9(13(15)16)8(11)6-7/h2-3,6H,4-5H2,1H3,(H,12,14). The fourth-order valence-corrected chi connectivity index (χ4v) is 1.60. The van der Waals surface area contributed by atoms with E-state index in [0.717, 1.165) is 12.1 Å². The van der Waals surface area contributed by atoms with Crippen LogP contribution in [0.15, 0.2) is 18.2 Å². The van der Waals surface area contributed by atoms with E-state index in [9.17, 15) is 23.5 Å². The number of nitrogens with one attached hydrogen (secondary N) is 1. The van der Waals surface area contributed by atoms with Gasteiger partial charge in [0, 0.05) is 41.0 Å². The molecule has 0 heterocycles. The minimum atomic E-state index is -1.06. The zero-order chi connectivity index (χ0) is 13.7. The Morgan fingerprint density at radius 2 is 2.22 bits per heavy atom. The van der Waals surface area contributed by atoms with Crippen LogP contribution in [0.1, 0.15) is 10.4 Å². The molecular weight excluding hydrogens is 263 g/mol. The molecule has 0 aliphatic carbocycles. The van der Waals surface area contributed by atoms with Crippen molar-refractivity contribution in [1.29, 1.82) is 0 Å². The normalized spacial score (nSPS) is 11.9. The number of nitro benzene ring substituents is 1. The Morgan fingerprint density at radius 1 is 1.56 bits per heavy atom.